The third kappa shape index (κ3) is 5.06. The molecule has 0 unspecified atom stereocenters. The molecule has 0 aliphatic carbocycles. The molecule has 0 aliphatic rings. The molecule has 0 saturated heterocycles. The number of benzene rings is 4. The lowest BCUT2D eigenvalue weighted by Crippen LogP contribution is -2.09. The number of nitrogens with zero attached hydrogens (tertiary/aromatic N) is 1. The van der Waals surface area contributed by atoms with Gasteiger partial charge >= 0.3 is 6.18 Å². The van der Waals surface area contributed by atoms with Crippen LogP contribution in [0.3, 0.4) is 0 Å². The highest BCUT2D eigenvalue weighted by Crippen LogP contribution is 2.39. The van der Waals surface area contributed by atoms with Gasteiger partial charge in [0.15, 0.2) is 5.78 Å². The fourth-order valence-electron chi connectivity index (χ4n) is 4.30. The van der Waals surface area contributed by atoms with E-state index in [1.54, 1.807) is 54.6 Å². The SMILES string of the molecule is O=C(c1ccccc1)c1cnc2c(C(F)(F)F)cccc2c1-c1cccc(NCc2ccccc2Cl)c1. The Morgan fingerprint density at radius 1 is 0.865 bits per heavy atom. The topological polar surface area (TPSA) is 42.0 Å². The Hall–Kier alpha value is -4.16. The highest BCUT2D eigenvalue weighted by molar-refractivity contribution is 6.31. The van der Waals surface area contributed by atoms with Gasteiger partial charge in [0.1, 0.15) is 0 Å². The number of fused-ring (bicyclic) bond motifs is 1. The second kappa shape index (κ2) is 10.1. The molecule has 3 nitrogen and oxygen atoms in total. The van der Waals surface area contributed by atoms with Crippen molar-refractivity contribution in [2.24, 2.45) is 0 Å². The van der Waals surface area contributed by atoms with Gasteiger partial charge in [0.25, 0.3) is 0 Å². The van der Waals surface area contributed by atoms with Gasteiger partial charge in [0.05, 0.1) is 11.1 Å². The third-order valence-electron chi connectivity index (χ3n) is 6.08. The second-order valence-electron chi connectivity index (χ2n) is 8.47. The first-order valence-electron chi connectivity index (χ1n) is 11.5. The molecule has 0 amide bonds. The number of rotatable bonds is 6. The van der Waals surface area contributed by atoms with E-state index in [0.29, 0.717) is 28.3 Å². The summed E-state index contributed by atoms with van der Waals surface area (Å²) in [4.78, 5) is 17.6. The Kier molecular flexibility index (Phi) is 6.68. The smallest absolute Gasteiger partial charge is 0.381 e. The van der Waals surface area contributed by atoms with Crippen LogP contribution in [-0.4, -0.2) is 10.8 Å². The summed E-state index contributed by atoms with van der Waals surface area (Å²) in [5.41, 5.74) is 2.21. The van der Waals surface area contributed by atoms with E-state index in [1.807, 2.05) is 30.3 Å². The van der Waals surface area contributed by atoms with Gasteiger partial charge in [0.2, 0.25) is 0 Å². The average Bonchev–Trinajstić information content (AvgIpc) is 2.91. The molecule has 0 bridgehead atoms. The molecule has 0 saturated carbocycles. The maximum atomic E-state index is 13.8. The molecule has 5 rings (SSSR count). The minimum absolute atomic E-state index is 0.205. The van der Waals surface area contributed by atoms with Crippen LogP contribution in [-0.2, 0) is 12.7 Å². The summed E-state index contributed by atoms with van der Waals surface area (Å²) in [5.74, 6) is -0.322. The zero-order valence-corrected chi connectivity index (χ0v) is 20.1. The lowest BCUT2D eigenvalue weighted by molar-refractivity contribution is -0.136. The maximum Gasteiger partial charge on any atom is 0.418 e. The summed E-state index contributed by atoms with van der Waals surface area (Å²) in [7, 11) is 0. The van der Waals surface area contributed by atoms with E-state index < -0.39 is 11.7 Å². The van der Waals surface area contributed by atoms with E-state index in [4.69, 9.17) is 11.6 Å². The first-order chi connectivity index (χ1) is 17.8. The Bertz CT molecular complexity index is 1600. The number of pyridine rings is 1. The highest BCUT2D eigenvalue weighted by atomic mass is 35.5. The van der Waals surface area contributed by atoms with Crippen LogP contribution in [0.15, 0.2) is 103 Å². The summed E-state index contributed by atoms with van der Waals surface area (Å²) in [5, 5.41) is 4.19. The van der Waals surface area contributed by atoms with Crippen LogP contribution in [0.1, 0.15) is 27.0 Å². The quantitative estimate of drug-likeness (QED) is 0.230. The summed E-state index contributed by atoms with van der Waals surface area (Å²) in [6.07, 6.45) is -3.35. The van der Waals surface area contributed by atoms with Crippen molar-refractivity contribution in [3.05, 3.63) is 131 Å². The fourth-order valence-corrected chi connectivity index (χ4v) is 4.51. The molecule has 4 aromatic carbocycles. The Morgan fingerprint density at radius 3 is 2.35 bits per heavy atom. The minimum Gasteiger partial charge on any atom is -0.381 e. The lowest BCUT2D eigenvalue weighted by Gasteiger charge is -2.17. The van der Waals surface area contributed by atoms with Gasteiger partial charge < -0.3 is 5.32 Å². The van der Waals surface area contributed by atoms with Gasteiger partial charge in [-0.15, -0.1) is 0 Å². The molecule has 1 heterocycles. The van der Waals surface area contributed by atoms with E-state index >= 15 is 0 Å². The number of halogens is 4. The molecular formula is C30H20ClF3N2O. The van der Waals surface area contributed by atoms with Crippen molar-refractivity contribution >= 4 is 34.0 Å². The number of para-hydroxylation sites is 1. The van der Waals surface area contributed by atoms with Crippen LogP contribution in [0.4, 0.5) is 18.9 Å². The second-order valence-corrected chi connectivity index (χ2v) is 8.87. The molecule has 0 radical (unpaired) electrons. The number of carbonyl (C=O) groups is 1. The van der Waals surface area contributed by atoms with Crippen molar-refractivity contribution in [1.29, 1.82) is 0 Å². The fraction of sp³-hybridized carbons (Fsp3) is 0.0667. The van der Waals surface area contributed by atoms with E-state index in [0.717, 1.165) is 17.3 Å². The maximum absolute atomic E-state index is 13.8. The zero-order chi connectivity index (χ0) is 26.0. The Morgan fingerprint density at radius 2 is 1.59 bits per heavy atom. The lowest BCUT2D eigenvalue weighted by atomic mass is 9.91. The molecule has 0 fully saturated rings. The normalized spacial score (nSPS) is 11.5. The van der Waals surface area contributed by atoms with Gasteiger partial charge in [-0.2, -0.15) is 13.2 Å². The summed E-state index contributed by atoms with van der Waals surface area (Å²) in [6.45, 7) is 0.453. The van der Waals surface area contributed by atoms with Gasteiger partial charge in [0, 0.05) is 45.5 Å². The van der Waals surface area contributed by atoms with Crippen LogP contribution in [0.2, 0.25) is 5.02 Å². The molecule has 0 aliphatic heterocycles. The van der Waals surface area contributed by atoms with Crippen LogP contribution >= 0.6 is 11.6 Å². The first kappa shape index (κ1) is 24.5. The molecule has 5 aromatic rings. The highest BCUT2D eigenvalue weighted by Gasteiger charge is 2.34. The van der Waals surface area contributed by atoms with Gasteiger partial charge in [-0.3, -0.25) is 9.78 Å². The number of carbonyl (C=O) groups excluding carboxylic acids is 1. The van der Waals surface area contributed by atoms with E-state index in [2.05, 4.69) is 10.3 Å². The van der Waals surface area contributed by atoms with Gasteiger partial charge in [-0.05, 0) is 35.4 Å². The van der Waals surface area contributed by atoms with Crippen LogP contribution in [0.5, 0.6) is 0 Å². The number of ketones is 1. The van der Waals surface area contributed by atoms with Crippen LogP contribution < -0.4 is 5.32 Å². The monoisotopic (exact) mass is 516 g/mol. The Labute approximate surface area is 216 Å². The largest absolute Gasteiger partial charge is 0.418 e. The van der Waals surface area contributed by atoms with Gasteiger partial charge in [-0.25, -0.2) is 0 Å². The number of hydrogen-bond acceptors (Lipinski definition) is 3. The van der Waals surface area contributed by atoms with Crippen LogP contribution in [0.25, 0.3) is 22.0 Å². The van der Waals surface area contributed by atoms with Crippen LogP contribution in [0, 0.1) is 0 Å². The number of nitrogens with one attached hydrogen (secondary N) is 1. The number of aromatic nitrogens is 1. The minimum atomic E-state index is -4.59. The average molecular weight is 517 g/mol. The van der Waals surface area contributed by atoms with Crippen molar-refractivity contribution in [2.45, 2.75) is 12.7 Å². The predicted molar refractivity (Wildman–Crippen MR) is 141 cm³/mol. The number of hydrogen-bond donors (Lipinski definition) is 1. The third-order valence-corrected chi connectivity index (χ3v) is 6.44. The number of alkyl halides is 3. The molecule has 37 heavy (non-hydrogen) atoms. The standard InChI is InChI=1S/C30H20ClF3N2O/c31-26-15-5-4-10-21(26)17-35-22-12-6-11-20(16-22)27-23-13-7-14-25(30(32,33)34)28(23)36-18-24(27)29(37)19-8-2-1-3-9-19/h1-16,18,35H,17H2. The van der Waals surface area contributed by atoms with E-state index in [1.165, 1.54) is 12.3 Å². The van der Waals surface area contributed by atoms with E-state index in [9.17, 15) is 18.0 Å². The van der Waals surface area contributed by atoms with Crippen molar-refractivity contribution in [3.63, 3.8) is 0 Å². The van der Waals surface area contributed by atoms with Crippen molar-refractivity contribution in [2.75, 3.05) is 5.32 Å². The summed E-state index contributed by atoms with van der Waals surface area (Å²) in [6, 6.07) is 27.2. The zero-order valence-electron chi connectivity index (χ0n) is 19.4. The molecular weight excluding hydrogens is 497 g/mol. The molecule has 0 spiro atoms. The number of anilines is 1. The summed E-state index contributed by atoms with van der Waals surface area (Å²) < 4.78 is 41.4. The molecule has 7 heteroatoms. The molecule has 0 atom stereocenters. The van der Waals surface area contributed by atoms with Crippen molar-refractivity contribution < 1.29 is 18.0 Å². The van der Waals surface area contributed by atoms with Crippen molar-refractivity contribution in [3.8, 4) is 11.1 Å². The van der Waals surface area contributed by atoms with E-state index in [-0.39, 0.29) is 22.2 Å². The molecule has 1 aromatic heterocycles. The van der Waals surface area contributed by atoms with Crippen molar-refractivity contribution in [1.82, 2.24) is 4.98 Å². The molecule has 184 valence electrons. The summed E-state index contributed by atoms with van der Waals surface area (Å²) >= 11 is 6.27. The Balaban J connectivity index is 1.66. The predicted octanol–water partition coefficient (Wildman–Crippen LogP) is 8.42. The first-order valence-corrected chi connectivity index (χ1v) is 11.9. The van der Waals surface area contributed by atoms with Gasteiger partial charge in [-0.1, -0.05) is 84.4 Å². The molecule has 1 N–H and O–H groups in total.